The molecule has 6 heteroatoms. The Balaban J connectivity index is 1.58. The Labute approximate surface area is 171 Å². The van der Waals surface area contributed by atoms with Crippen molar-refractivity contribution < 1.29 is 13.9 Å². The fourth-order valence-electron chi connectivity index (χ4n) is 4.42. The van der Waals surface area contributed by atoms with E-state index in [0.29, 0.717) is 25.5 Å². The van der Waals surface area contributed by atoms with Crippen LogP contribution in [0.25, 0.3) is 0 Å². The van der Waals surface area contributed by atoms with Gasteiger partial charge >= 0.3 is 0 Å². The van der Waals surface area contributed by atoms with Crippen LogP contribution < -0.4 is 5.32 Å². The smallest absolute Gasteiger partial charge is 0.268 e. The molecular formula is C23H30FN3O2. The average Bonchev–Trinajstić information content (AvgIpc) is 3.35. The first-order valence-corrected chi connectivity index (χ1v) is 10.6. The van der Waals surface area contributed by atoms with Crippen molar-refractivity contribution in [2.24, 2.45) is 5.92 Å². The molecule has 3 heterocycles. The quantitative estimate of drug-likeness (QED) is 0.802. The summed E-state index contributed by atoms with van der Waals surface area (Å²) in [6, 6.07) is 8.26. The molecule has 2 aromatic rings. The van der Waals surface area contributed by atoms with Crippen LogP contribution in [-0.2, 0) is 24.4 Å². The molecule has 1 saturated heterocycles. The molecule has 1 fully saturated rings. The molecule has 29 heavy (non-hydrogen) atoms. The lowest BCUT2D eigenvalue weighted by Gasteiger charge is -2.24. The van der Waals surface area contributed by atoms with Gasteiger partial charge in [0.2, 0.25) is 0 Å². The lowest BCUT2D eigenvalue weighted by atomic mass is 9.96. The third kappa shape index (κ3) is 4.38. The number of carbonyl (C=O) groups is 1. The molecule has 4 rings (SSSR count). The normalized spacial score (nSPS) is 18.1. The van der Waals surface area contributed by atoms with E-state index in [1.165, 1.54) is 30.5 Å². The average molecular weight is 400 g/mol. The number of nitrogens with zero attached hydrogens (tertiary/aromatic N) is 2. The summed E-state index contributed by atoms with van der Waals surface area (Å²) < 4.78 is 21.1. The first kappa shape index (κ1) is 20.1. The summed E-state index contributed by atoms with van der Waals surface area (Å²) in [5, 5.41) is 3.19. The summed E-state index contributed by atoms with van der Waals surface area (Å²) >= 11 is 0. The van der Waals surface area contributed by atoms with Crippen LogP contribution in [0.4, 0.5) is 4.39 Å². The first-order valence-electron chi connectivity index (χ1n) is 10.6. The van der Waals surface area contributed by atoms with Gasteiger partial charge in [0.05, 0.1) is 19.3 Å². The standard InChI is InChI=1S/C23H30FN3O2/c1-16(2)22(17-5-7-19(24)8-6-17)25-23(28)20-13-18(14-26-9-3-4-10-26)21-15-29-12-11-27(20)21/h5-8,13,16,22H,3-4,9-12,14-15H2,1-2H3,(H,25,28)/t22-/m1/s1. The number of hydrogen-bond donors (Lipinski definition) is 1. The fourth-order valence-corrected chi connectivity index (χ4v) is 4.42. The second kappa shape index (κ2) is 8.67. The molecule has 2 aliphatic heterocycles. The van der Waals surface area contributed by atoms with Gasteiger partial charge < -0.3 is 14.6 Å². The van der Waals surface area contributed by atoms with E-state index in [4.69, 9.17) is 4.74 Å². The van der Waals surface area contributed by atoms with Crippen molar-refractivity contribution in [1.82, 2.24) is 14.8 Å². The van der Waals surface area contributed by atoms with Crippen LogP contribution in [0.5, 0.6) is 0 Å². The molecule has 1 atom stereocenters. The van der Waals surface area contributed by atoms with E-state index in [1.54, 1.807) is 12.1 Å². The molecule has 0 saturated carbocycles. The van der Waals surface area contributed by atoms with Gasteiger partial charge in [0, 0.05) is 18.8 Å². The van der Waals surface area contributed by atoms with Crippen LogP contribution in [0.15, 0.2) is 30.3 Å². The highest BCUT2D eigenvalue weighted by atomic mass is 19.1. The Hall–Kier alpha value is -2.18. The summed E-state index contributed by atoms with van der Waals surface area (Å²) in [5.74, 6) is -0.161. The van der Waals surface area contributed by atoms with Gasteiger partial charge in [0.15, 0.2) is 0 Å². The maximum atomic E-state index is 13.3. The van der Waals surface area contributed by atoms with Crippen molar-refractivity contribution in [1.29, 1.82) is 0 Å². The van der Waals surface area contributed by atoms with E-state index in [9.17, 15) is 9.18 Å². The molecule has 1 N–H and O–H groups in total. The minimum absolute atomic E-state index is 0.0798. The fraction of sp³-hybridized carbons (Fsp3) is 0.522. The molecule has 0 radical (unpaired) electrons. The Morgan fingerprint density at radius 1 is 1.17 bits per heavy atom. The second-order valence-corrected chi connectivity index (χ2v) is 8.44. The van der Waals surface area contributed by atoms with Crippen LogP contribution in [0.1, 0.15) is 60.0 Å². The van der Waals surface area contributed by atoms with Crippen LogP contribution >= 0.6 is 0 Å². The number of amides is 1. The van der Waals surface area contributed by atoms with Crippen molar-refractivity contribution in [3.63, 3.8) is 0 Å². The summed E-state index contributed by atoms with van der Waals surface area (Å²) in [7, 11) is 0. The van der Waals surface area contributed by atoms with Gasteiger partial charge in [0.25, 0.3) is 5.91 Å². The Morgan fingerprint density at radius 2 is 1.90 bits per heavy atom. The number of ether oxygens (including phenoxy) is 1. The Kier molecular flexibility index (Phi) is 6.01. The van der Waals surface area contributed by atoms with Crippen molar-refractivity contribution in [3.05, 3.63) is 58.7 Å². The molecule has 5 nitrogen and oxygen atoms in total. The maximum absolute atomic E-state index is 13.3. The van der Waals surface area contributed by atoms with E-state index in [1.807, 2.05) is 6.07 Å². The molecule has 0 unspecified atom stereocenters. The zero-order chi connectivity index (χ0) is 20.4. The topological polar surface area (TPSA) is 46.5 Å². The minimum atomic E-state index is -0.269. The number of benzene rings is 1. The van der Waals surface area contributed by atoms with Gasteiger partial charge in [0.1, 0.15) is 11.5 Å². The van der Waals surface area contributed by atoms with Gasteiger partial charge in [-0.1, -0.05) is 26.0 Å². The van der Waals surface area contributed by atoms with Gasteiger partial charge in [-0.3, -0.25) is 9.69 Å². The van der Waals surface area contributed by atoms with Crippen molar-refractivity contribution in [2.75, 3.05) is 19.7 Å². The van der Waals surface area contributed by atoms with Crippen LogP contribution in [0.2, 0.25) is 0 Å². The number of aromatic nitrogens is 1. The summed E-state index contributed by atoms with van der Waals surface area (Å²) in [6.45, 7) is 9.11. The van der Waals surface area contributed by atoms with Crippen molar-refractivity contribution >= 4 is 5.91 Å². The van der Waals surface area contributed by atoms with Crippen LogP contribution in [0, 0.1) is 11.7 Å². The first-order chi connectivity index (χ1) is 14.0. The largest absolute Gasteiger partial charge is 0.373 e. The molecule has 0 spiro atoms. The van der Waals surface area contributed by atoms with E-state index >= 15 is 0 Å². The number of fused-ring (bicyclic) bond motifs is 1. The number of nitrogens with one attached hydrogen (secondary N) is 1. The molecule has 2 aliphatic rings. The van der Waals surface area contributed by atoms with Gasteiger partial charge in [-0.25, -0.2) is 4.39 Å². The number of carbonyl (C=O) groups excluding carboxylic acids is 1. The zero-order valence-corrected chi connectivity index (χ0v) is 17.3. The molecule has 1 amide bonds. The SMILES string of the molecule is CC(C)[C@@H](NC(=O)c1cc(CN2CCCC2)c2n1CCOC2)c1ccc(F)cc1. The van der Waals surface area contributed by atoms with Crippen molar-refractivity contribution in [3.8, 4) is 0 Å². The lowest BCUT2D eigenvalue weighted by molar-refractivity contribution is 0.0787. The van der Waals surface area contributed by atoms with Gasteiger partial charge in [-0.2, -0.15) is 0 Å². The number of rotatable bonds is 6. The third-order valence-electron chi connectivity index (χ3n) is 6.00. The zero-order valence-electron chi connectivity index (χ0n) is 17.3. The third-order valence-corrected chi connectivity index (χ3v) is 6.00. The van der Waals surface area contributed by atoms with Crippen LogP contribution in [0.3, 0.4) is 0 Å². The monoisotopic (exact) mass is 399 g/mol. The Morgan fingerprint density at radius 3 is 2.59 bits per heavy atom. The predicted molar refractivity (Wildman–Crippen MR) is 110 cm³/mol. The van der Waals surface area contributed by atoms with Gasteiger partial charge in [-0.15, -0.1) is 0 Å². The molecule has 156 valence electrons. The van der Waals surface area contributed by atoms with Crippen molar-refractivity contribution in [2.45, 2.75) is 52.4 Å². The molecule has 1 aromatic carbocycles. The van der Waals surface area contributed by atoms with Crippen LogP contribution in [-0.4, -0.2) is 35.1 Å². The second-order valence-electron chi connectivity index (χ2n) is 8.44. The molecule has 0 bridgehead atoms. The van der Waals surface area contributed by atoms with E-state index in [-0.39, 0.29) is 23.7 Å². The van der Waals surface area contributed by atoms with E-state index in [2.05, 4.69) is 28.6 Å². The number of halogens is 1. The molecule has 1 aromatic heterocycles. The Bertz CT molecular complexity index is 854. The molecule has 0 aliphatic carbocycles. The molecular weight excluding hydrogens is 369 g/mol. The minimum Gasteiger partial charge on any atom is -0.373 e. The lowest BCUT2D eigenvalue weighted by Crippen LogP contribution is -2.34. The summed E-state index contributed by atoms with van der Waals surface area (Å²) in [4.78, 5) is 15.7. The van der Waals surface area contributed by atoms with E-state index in [0.717, 1.165) is 30.9 Å². The summed E-state index contributed by atoms with van der Waals surface area (Å²) in [5.41, 5.74) is 3.93. The van der Waals surface area contributed by atoms with E-state index < -0.39 is 0 Å². The number of hydrogen-bond acceptors (Lipinski definition) is 3. The number of likely N-dealkylation sites (tertiary alicyclic amines) is 1. The highest BCUT2D eigenvalue weighted by molar-refractivity contribution is 5.93. The maximum Gasteiger partial charge on any atom is 0.268 e. The predicted octanol–water partition coefficient (Wildman–Crippen LogP) is 3.88. The van der Waals surface area contributed by atoms with Gasteiger partial charge in [-0.05, 0) is 61.2 Å². The highest BCUT2D eigenvalue weighted by Gasteiger charge is 2.26. The summed E-state index contributed by atoms with van der Waals surface area (Å²) in [6.07, 6.45) is 2.49. The highest BCUT2D eigenvalue weighted by Crippen LogP contribution is 2.26.